The van der Waals surface area contributed by atoms with Gasteiger partial charge in [0.25, 0.3) is 0 Å². The zero-order valence-corrected chi connectivity index (χ0v) is 14.6. The van der Waals surface area contributed by atoms with Crippen LogP contribution in [0.3, 0.4) is 0 Å². The molecule has 0 saturated heterocycles. The number of ether oxygens (including phenoxy) is 1. The fourth-order valence-corrected chi connectivity index (χ4v) is 3.09. The largest absolute Gasteiger partial charge is 0.496 e. The second-order valence-corrected chi connectivity index (χ2v) is 5.77. The molecule has 0 aliphatic carbocycles. The van der Waals surface area contributed by atoms with Gasteiger partial charge in [-0.15, -0.1) is 0 Å². The lowest BCUT2D eigenvalue weighted by molar-refractivity contribution is 0.411. The number of benzene rings is 1. The van der Waals surface area contributed by atoms with Gasteiger partial charge in [-0.2, -0.15) is 5.10 Å². The van der Waals surface area contributed by atoms with Gasteiger partial charge in [0.2, 0.25) is 0 Å². The normalized spacial score (nSPS) is 12.4. The molecule has 0 spiro atoms. The average molecular weight is 352 g/mol. The molecule has 114 valence electrons. The van der Waals surface area contributed by atoms with Crippen LogP contribution in [0.4, 0.5) is 0 Å². The van der Waals surface area contributed by atoms with Crippen LogP contribution in [-0.4, -0.2) is 23.4 Å². The monoisotopic (exact) mass is 351 g/mol. The van der Waals surface area contributed by atoms with E-state index in [1.807, 2.05) is 16.9 Å². The summed E-state index contributed by atoms with van der Waals surface area (Å²) in [5, 5.41) is 7.97. The maximum Gasteiger partial charge on any atom is 0.121 e. The van der Waals surface area contributed by atoms with E-state index in [-0.39, 0.29) is 6.04 Å². The lowest BCUT2D eigenvalue weighted by Gasteiger charge is -2.21. The van der Waals surface area contributed by atoms with E-state index in [1.165, 1.54) is 5.56 Å². The van der Waals surface area contributed by atoms with Crippen LogP contribution in [0, 0.1) is 6.92 Å². The number of nitrogens with one attached hydrogen (secondary N) is 1. The number of hydrogen-bond donors (Lipinski definition) is 1. The lowest BCUT2D eigenvalue weighted by atomic mass is 10.0. The molecule has 0 fully saturated rings. The smallest absolute Gasteiger partial charge is 0.121 e. The summed E-state index contributed by atoms with van der Waals surface area (Å²) >= 11 is 3.62. The van der Waals surface area contributed by atoms with Crippen LogP contribution < -0.4 is 10.1 Å². The highest BCUT2D eigenvalue weighted by Crippen LogP contribution is 2.31. The number of aryl methyl sites for hydroxylation is 2. The highest BCUT2D eigenvalue weighted by Gasteiger charge is 2.21. The first kappa shape index (κ1) is 16.0. The summed E-state index contributed by atoms with van der Waals surface area (Å²) in [5.74, 6) is 0.914. The van der Waals surface area contributed by atoms with E-state index in [9.17, 15) is 0 Å². The molecule has 0 radical (unpaired) electrons. The van der Waals surface area contributed by atoms with Gasteiger partial charge >= 0.3 is 0 Å². The van der Waals surface area contributed by atoms with Crippen molar-refractivity contribution < 1.29 is 4.74 Å². The molecule has 4 nitrogen and oxygen atoms in total. The van der Waals surface area contributed by atoms with Gasteiger partial charge in [-0.05, 0) is 53.5 Å². The SMILES string of the molecule is CCNC(c1ccc(OC)c(C)c1)c1c(Br)cnn1CC. The van der Waals surface area contributed by atoms with E-state index >= 15 is 0 Å². The van der Waals surface area contributed by atoms with Gasteiger partial charge in [0, 0.05) is 6.54 Å². The standard InChI is InChI=1S/C16H22BrN3O/c1-5-18-15(16-13(17)10-19-20(16)6-2)12-7-8-14(21-4)11(3)9-12/h7-10,15,18H,5-6H2,1-4H3. The van der Waals surface area contributed by atoms with E-state index in [1.54, 1.807) is 7.11 Å². The van der Waals surface area contributed by atoms with E-state index < -0.39 is 0 Å². The van der Waals surface area contributed by atoms with Crippen molar-refractivity contribution in [2.75, 3.05) is 13.7 Å². The first-order valence-electron chi connectivity index (χ1n) is 7.21. The molecular formula is C16H22BrN3O. The van der Waals surface area contributed by atoms with Crippen molar-refractivity contribution in [3.8, 4) is 5.75 Å². The Morgan fingerprint density at radius 1 is 1.38 bits per heavy atom. The van der Waals surface area contributed by atoms with Gasteiger partial charge in [0.05, 0.1) is 29.5 Å². The third kappa shape index (κ3) is 3.30. The molecule has 0 saturated carbocycles. The van der Waals surface area contributed by atoms with Crippen LogP contribution >= 0.6 is 15.9 Å². The van der Waals surface area contributed by atoms with Gasteiger partial charge in [0.1, 0.15) is 5.75 Å². The van der Waals surface area contributed by atoms with Crippen LogP contribution in [0.25, 0.3) is 0 Å². The Balaban J connectivity index is 2.48. The number of halogens is 1. The minimum Gasteiger partial charge on any atom is -0.496 e. The van der Waals surface area contributed by atoms with Gasteiger partial charge < -0.3 is 10.1 Å². The number of aromatic nitrogens is 2. The quantitative estimate of drug-likeness (QED) is 0.862. The van der Waals surface area contributed by atoms with Crippen molar-refractivity contribution in [2.24, 2.45) is 0 Å². The first-order chi connectivity index (χ1) is 10.1. The van der Waals surface area contributed by atoms with Crippen LogP contribution in [-0.2, 0) is 6.54 Å². The molecule has 0 aliphatic heterocycles. The van der Waals surface area contributed by atoms with Crippen molar-refractivity contribution in [1.29, 1.82) is 0 Å². The van der Waals surface area contributed by atoms with E-state index in [4.69, 9.17) is 4.74 Å². The minimum atomic E-state index is 0.108. The second-order valence-electron chi connectivity index (χ2n) is 4.91. The molecular weight excluding hydrogens is 330 g/mol. The molecule has 1 heterocycles. The summed E-state index contributed by atoms with van der Waals surface area (Å²) in [5.41, 5.74) is 3.51. The molecule has 0 bridgehead atoms. The lowest BCUT2D eigenvalue weighted by Crippen LogP contribution is -2.25. The summed E-state index contributed by atoms with van der Waals surface area (Å²) in [6.07, 6.45) is 1.86. The topological polar surface area (TPSA) is 39.1 Å². The fraction of sp³-hybridized carbons (Fsp3) is 0.438. The van der Waals surface area contributed by atoms with E-state index in [2.05, 4.69) is 59.2 Å². The van der Waals surface area contributed by atoms with Gasteiger partial charge in [-0.3, -0.25) is 4.68 Å². The average Bonchev–Trinajstić information content (AvgIpc) is 2.85. The van der Waals surface area contributed by atoms with Crippen LogP contribution in [0.1, 0.15) is 36.7 Å². The van der Waals surface area contributed by atoms with Crippen LogP contribution in [0.2, 0.25) is 0 Å². The minimum absolute atomic E-state index is 0.108. The van der Waals surface area contributed by atoms with E-state index in [0.717, 1.165) is 34.6 Å². The number of methoxy groups -OCH3 is 1. The van der Waals surface area contributed by atoms with Crippen molar-refractivity contribution in [1.82, 2.24) is 15.1 Å². The molecule has 1 aromatic heterocycles. The predicted octanol–water partition coefficient (Wildman–Crippen LogP) is 3.68. The van der Waals surface area contributed by atoms with E-state index in [0.29, 0.717) is 0 Å². The van der Waals surface area contributed by atoms with Crippen LogP contribution in [0.15, 0.2) is 28.9 Å². The highest BCUT2D eigenvalue weighted by atomic mass is 79.9. The van der Waals surface area contributed by atoms with Gasteiger partial charge in [0.15, 0.2) is 0 Å². The molecule has 5 heteroatoms. The molecule has 1 aromatic carbocycles. The Bertz CT molecular complexity index is 610. The maximum absolute atomic E-state index is 5.35. The zero-order valence-electron chi connectivity index (χ0n) is 13.0. The molecule has 2 rings (SSSR count). The summed E-state index contributed by atoms with van der Waals surface area (Å²) < 4.78 is 8.41. The Labute approximate surface area is 134 Å². The Kier molecular flexibility index (Phi) is 5.42. The maximum atomic E-state index is 5.35. The Hall–Kier alpha value is -1.33. The fourth-order valence-electron chi connectivity index (χ4n) is 2.57. The Morgan fingerprint density at radius 2 is 2.14 bits per heavy atom. The number of rotatable bonds is 6. The second kappa shape index (κ2) is 7.09. The van der Waals surface area contributed by atoms with Crippen LogP contribution in [0.5, 0.6) is 5.75 Å². The molecule has 1 N–H and O–H groups in total. The highest BCUT2D eigenvalue weighted by molar-refractivity contribution is 9.10. The van der Waals surface area contributed by atoms with Crippen molar-refractivity contribution >= 4 is 15.9 Å². The summed E-state index contributed by atoms with van der Waals surface area (Å²) in [4.78, 5) is 0. The Morgan fingerprint density at radius 3 is 2.71 bits per heavy atom. The predicted molar refractivity (Wildman–Crippen MR) is 88.9 cm³/mol. The summed E-state index contributed by atoms with van der Waals surface area (Å²) in [6, 6.07) is 6.41. The van der Waals surface area contributed by atoms with Crippen molar-refractivity contribution in [2.45, 2.75) is 33.4 Å². The molecule has 0 amide bonds. The van der Waals surface area contributed by atoms with Gasteiger partial charge in [-0.25, -0.2) is 0 Å². The first-order valence-corrected chi connectivity index (χ1v) is 8.00. The third-order valence-electron chi connectivity index (χ3n) is 3.57. The molecule has 0 aliphatic rings. The number of nitrogens with zero attached hydrogens (tertiary/aromatic N) is 2. The summed E-state index contributed by atoms with van der Waals surface area (Å²) in [6.45, 7) is 8.02. The van der Waals surface area contributed by atoms with Crippen molar-refractivity contribution in [3.05, 3.63) is 45.7 Å². The molecule has 21 heavy (non-hydrogen) atoms. The molecule has 1 atom stereocenters. The van der Waals surface area contributed by atoms with Gasteiger partial charge in [-0.1, -0.05) is 19.1 Å². The third-order valence-corrected chi connectivity index (χ3v) is 4.18. The molecule has 1 unspecified atom stereocenters. The summed E-state index contributed by atoms with van der Waals surface area (Å²) in [7, 11) is 1.70. The zero-order chi connectivity index (χ0) is 15.4. The number of hydrogen-bond acceptors (Lipinski definition) is 3. The molecule has 2 aromatic rings. The van der Waals surface area contributed by atoms with Crippen molar-refractivity contribution in [3.63, 3.8) is 0 Å².